The number of hydrogen-bond donors (Lipinski definition) is 3. The summed E-state index contributed by atoms with van der Waals surface area (Å²) in [7, 11) is 0. The Labute approximate surface area is 189 Å². The number of nitrogens with one attached hydrogen (secondary N) is 1. The van der Waals surface area contributed by atoms with Crippen molar-refractivity contribution in [3.05, 3.63) is 46.5 Å². The lowest BCUT2D eigenvalue weighted by molar-refractivity contribution is -0.0499. The molecule has 3 N–H and O–H groups in total. The summed E-state index contributed by atoms with van der Waals surface area (Å²) >= 11 is 1.34. The van der Waals surface area contributed by atoms with Crippen molar-refractivity contribution in [1.82, 2.24) is 9.55 Å². The van der Waals surface area contributed by atoms with Gasteiger partial charge in [-0.3, -0.25) is 9.36 Å². The van der Waals surface area contributed by atoms with E-state index in [2.05, 4.69) is 10.3 Å². The Morgan fingerprint density at radius 1 is 1.32 bits per heavy atom. The van der Waals surface area contributed by atoms with Gasteiger partial charge >= 0.3 is 5.69 Å². The standard InChI is InChI=1S/C19H19FIN3O7/c20-19(21)15(26)13(9-25)31-17(19)24-5-4-14(23-18(24)28)22-16(27)10-2-3-11-12(8-10)30-7-1-6-29-11/h2-5,8,13,15,17,25-26H,1,6-7,9H2,(H,22,23,27,28)/t13-,15-,17?,19?/m1/s1. The van der Waals surface area contributed by atoms with Crippen molar-refractivity contribution in [2.24, 2.45) is 0 Å². The zero-order chi connectivity index (χ0) is 22.2. The van der Waals surface area contributed by atoms with E-state index in [1.54, 1.807) is 12.1 Å². The molecule has 2 unspecified atom stereocenters. The van der Waals surface area contributed by atoms with Gasteiger partial charge in [0.1, 0.15) is 18.0 Å². The number of halogens is 2. The van der Waals surface area contributed by atoms with Gasteiger partial charge in [0.25, 0.3) is 5.91 Å². The Balaban J connectivity index is 1.52. The Bertz CT molecular complexity index is 1050. The molecule has 0 aliphatic carbocycles. The second-order valence-electron chi connectivity index (χ2n) is 7.00. The van der Waals surface area contributed by atoms with E-state index in [1.165, 1.54) is 40.9 Å². The number of hydrogen-bond acceptors (Lipinski definition) is 8. The van der Waals surface area contributed by atoms with Crippen LogP contribution in [0, 0.1) is 0 Å². The van der Waals surface area contributed by atoms with Gasteiger partial charge in [0, 0.05) is 18.2 Å². The van der Waals surface area contributed by atoms with Crippen LogP contribution in [0.1, 0.15) is 23.0 Å². The van der Waals surface area contributed by atoms with Gasteiger partial charge in [-0.05, 0) is 46.9 Å². The summed E-state index contributed by atoms with van der Waals surface area (Å²) in [6.45, 7) is 0.384. The first-order valence-corrected chi connectivity index (χ1v) is 10.5. The molecule has 1 amide bonds. The predicted octanol–water partition coefficient (Wildman–Crippen LogP) is 1.01. The molecule has 4 atom stereocenters. The number of fused-ring (bicyclic) bond motifs is 1. The summed E-state index contributed by atoms with van der Waals surface area (Å²) in [5.41, 5.74) is -0.621. The van der Waals surface area contributed by atoms with Gasteiger partial charge in [-0.15, -0.1) is 0 Å². The summed E-state index contributed by atoms with van der Waals surface area (Å²) in [5, 5.41) is 21.7. The number of carbonyl (C=O) groups is 1. The van der Waals surface area contributed by atoms with E-state index in [-0.39, 0.29) is 11.4 Å². The zero-order valence-corrected chi connectivity index (χ0v) is 18.2. The van der Waals surface area contributed by atoms with Crippen molar-refractivity contribution in [2.45, 2.75) is 28.5 Å². The molecule has 0 radical (unpaired) electrons. The molecule has 1 fully saturated rings. The topological polar surface area (TPSA) is 132 Å². The van der Waals surface area contributed by atoms with Crippen LogP contribution >= 0.6 is 22.6 Å². The lowest BCUT2D eigenvalue weighted by atomic mass is 10.1. The molecule has 3 heterocycles. The molecule has 0 bridgehead atoms. The van der Waals surface area contributed by atoms with Gasteiger partial charge in [-0.25, -0.2) is 9.18 Å². The number of benzene rings is 1. The van der Waals surface area contributed by atoms with Crippen molar-refractivity contribution in [1.29, 1.82) is 0 Å². The van der Waals surface area contributed by atoms with E-state index in [4.69, 9.17) is 14.2 Å². The van der Waals surface area contributed by atoms with E-state index in [0.717, 1.165) is 11.0 Å². The molecular formula is C19H19FIN3O7. The van der Waals surface area contributed by atoms with Crippen LogP contribution in [-0.2, 0) is 4.74 Å². The predicted molar refractivity (Wildman–Crippen MR) is 113 cm³/mol. The number of nitrogens with zero attached hydrogens (tertiary/aromatic N) is 2. The fraction of sp³-hybridized carbons (Fsp3) is 0.421. The van der Waals surface area contributed by atoms with E-state index >= 15 is 0 Å². The largest absolute Gasteiger partial charge is 0.490 e. The lowest BCUT2D eigenvalue weighted by Crippen LogP contribution is -2.40. The summed E-state index contributed by atoms with van der Waals surface area (Å²) in [4.78, 5) is 28.7. The molecule has 2 aliphatic heterocycles. The highest BCUT2D eigenvalue weighted by Crippen LogP contribution is 2.45. The van der Waals surface area contributed by atoms with Gasteiger partial charge in [0.2, 0.25) is 3.68 Å². The summed E-state index contributed by atoms with van der Waals surface area (Å²) in [5.74, 6) is 0.420. The van der Waals surface area contributed by atoms with Crippen LogP contribution in [0.25, 0.3) is 0 Å². The number of aliphatic hydroxyl groups excluding tert-OH is 2. The maximum Gasteiger partial charge on any atom is 0.351 e. The summed E-state index contributed by atoms with van der Waals surface area (Å²) in [6, 6.07) is 6.02. The van der Waals surface area contributed by atoms with E-state index in [1.807, 2.05) is 0 Å². The van der Waals surface area contributed by atoms with Crippen molar-refractivity contribution in [3.8, 4) is 11.5 Å². The van der Waals surface area contributed by atoms with Crippen molar-refractivity contribution >= 4 is 34.3 Å². The molecule has 1 aromatic heterocycles. The van der Waals surface area contributed by atoms with Crippen LogP contribution in [0.2, 0.25) is 0 Å². The van der Waals surface area contributed by atoms with Crippen LogP contribution < -0.4 is 20.5 Å². The molecule has 0 spiro atoms. The molecule has 12 heteroatoms. The van der Waals surface area contributed by atoms with Gasteiger partial charge < -0.3 is 29.7 Å². The average Bonchev–Trinajstić information content (AvgIpc) is 2.90. The number of carbonyl (C=O) groups excluding carboxylic acids is 1. The minimum atomic E-state index is -2.36. The lowest BCUT2D eigenvalue weighted by Gasteiger charge is -2.23. The first-order chi connectivity index (χ1) is 14.8. The van der Waals surface area contributed by atoms with E-state index in [9.17, 15) is 24.2 Å². The second-order valence-corrected chi connectivity index (χ2v) is 8.65. The normalized spacial score (nSPS) is 27.5. The average molecular weight is 547 g/mol. The molecule has 1 aromatic carbocycles. The SMILES string of the molecule is O=C(Nc1ccn(C2O[C@H](CO)[C@@H](O)C2(F)I)c(=O)n1)c1ccc2c(c1)OCCCO2. The fourth-order valence-electron chi connectivity index (χ4n) is 3.27. The fourth-order valence-corrected chi connectivity index (χ4v) is 4.12. The van der Waals surface area contributed by atoms with Gasteiger partial charge in [-0.2, -0.15) is 4.98 Å². The Morgan fingerprint density at radius 3 is 2.74 bits per heavy atom. The Kier molecular flexibility index (Phi) is 6.14. The van der Waals surface area contributed by atoms with Crippen LogP contribution in [0.4, 0.5) is 10.2 Å². The monoisotopic (exact) mass is 547 g/mol. The van der Waals surface area contributed by atoms with Gasteiger partial charge in [0.05, 0.1) is 19.8 Å². The van der Waals surface area contributed by atoms with Crippen molar-refractivity contribution in [3.63, 3.8) is 0 Å². The Morgan fingerprint density at radius 2 is 2.06 bits per heavy atom. The number of aromatic nitrogens is 2. The molecule has 1 saturated heterocycles. The zero-order valence-electron chi connectivity index (χ0n) is 16.0. The molecule has 2 aliphatic rings. The number of aliphatic hydroxyl groups is 2. The highest BCUT2D eigenvalue weighted by molar-refractivity contribution is 14.1. The second kappa shape index (κ2) is 8.68. The maximum absolute atomic E-state index is 14.9. The van der Waals surface area contributed by atoms with Crippen LogP contribution in [-0.4, -0.2) is 61.4 Å². The van der Waals surface area contributed by atoms with Gasteiger partial charge in [-0.1, -0.05) is 0 Å². The minimum absolute atomic E-state index is 0.0477. The van der Waals surface area contributed by atoms with Gasteiger partial charge in [0.15, 0.2) is 17.7 Å². The third-order valence-corrected chi connectivity index (χ3v) is 6.06. The first kappa shape index (κ1) is 21.9. The van der Waals surface area contributed by atoms with E-state index < -0.39 is 40.3 Å². The summed E-state index contributed by atoms with van der Waals surface area (Å²) in [6.07, 6.45) is -2.38. The van der Waals surface area contributed by atoms with Crippen LogP contribution in [0.15, 0.2) is 35.3 Å². The number of rotatable bonds is 4. The first-order valence-electron chi connectivity index (χ1n) is 9.43. The third kappa shape index (κ3) is 4.24. The Hall–Kier alpha value is -2.29. The highest BCUT2D eigenvalue weighted by Gasteiger charge is 2.56. The maximum atomic E-state index is 14.9. The molecule has 166 valence electrons. The third-order valence-electron chi connectivity index (χ3n) is 4.89. The summed E-state index contributed by atoms with van der Waals surface area (Å²) < 4.78 is 29.8. The number of anilines is 1. The molecular weight excluding hydrogens is 528 g/mol. The molecule has 4 rings (SSSR count). The molecule has 10 nitrogen and oxygen atoms in total. The minimum Gasteiger partial charge on any atom is -0.490 e. The van der Waals surface area contributed by atoms with E-state index in [0.29, 0.717) is 24.7 Å². The quantitative estimate of drug-likeness (QED) is 0.382. The smallest absolute Gasteiger partial charge is 0.351 e. The number of ether oxygens (including phenoxy) is 3. The number of amides is 1. The van der Waals surface area contributed by atoms with Crippen LogP contribution in [0.5, 0.6) is 11.5 Å². The van der Waals surface area contributed by atoms with Crippen molar-refractivity contribution < 1.29 is 33.6 Å². The van der Waals surface area contributed by atoms with Crippen LogP contribution in [0.3, 0.4) is 0 Å². The molecule has 0 saturated carbocycles. The molecule has 31 heavy (non-hydrogen) atoms. The molecule has 2 aromatic rings. The number of alkyl halides is 2. The van der Waals surface area contributed by atoms with Crippen molar-refractivity contribution in [2.75, 3.05) is 25.1 Å². The highest BCUT2D eigenvalue weighted by atomic mass is 127.